The fourth-order valence-electron chi connectivity index (χ4n) is 3.38. The molecule has 0 unspecified atom stereocenters. The van der Waals surface area contributed by atoms with E-state index in [0.717, 1.165) is 23.9 Å². The summed E-state index contributed by atoms with van der Waals surface area (Å²) < 4.78 is 0. The predicted molar refractivity (Wildman–Crippen MR) is 94.6 cm³/mol. The van der Waals surface area contributed by atoms with Crippen molar-refractivity contribution < 1.29 is 9.90 Å². The number of benzene rings is 2. The third-order valence-electron chi connectivity index (χ3n) is 4.58. The number of nitrogens with zero attached hydrogens (tertiary/aromatic N) is 2. The summed E-state index contributed by atoms with van der Waals surface area (Å²) in [7, 11) is 0. The van der Waals surface area contributed by atoms with Crippen LogP contribution in [0.15, 0.2) is 48.7 Å². The fraction of sp³-hybridized carbons (Fsp3) is 0.200. The molecule has 1 aromatic heterocycles. The number of aryl methyl sites for hydroxylation is 2. The SMILES string of the molecule is Cc1ccc2c(c1)CCCN2C(=O)c1ccc2cccnc2c1O. The molecule has 0 aliphatic carbocycles. The molecule has 0 spiro atoms. The molecule has 0 saturated carbocycles. The second-order valence-electron chi connectivity index (χ2n) is 6.23. The number of amides is 1. The number of aromatic nitrogens is 1. The van der Waals surface area contributed by atoms with Gasteiger partial charge in [0.15, 0.2) is 5.75 Å². The van der Waals surface area contributed by atoms with Gasteiger partial charge in [-0.15, -0.1) is 0 Å². The molecule has 120 valence electrons. The van der Waals surface area contributed by atoms with Gasteiger partial charge in [0.05, 0.1) is 5.56 Å². The normalized spacial score (nSPS) is 13.8. The summed E-state index contributed by atoms with van der Waals surface area (Å²) in [6.45, 7) is 2.72. The van der Waals surface area contributed by atoms with Gasteiger partial charge in [0.25, 0.3) is 5.91 Å². The Kier molecular flexibility index (Phi) is 3.45. The number of carbonyl (C=O) groups excluding carboxylic acids is 1. The van der Waals surface area contributed by atoms with Crippen molar-refractivity contribution in [1.29, 1.82) is 0 Å². The Bertz CT molecular complexity index is 950. The molecule has 3 aromatic rings. The summed E-state index contributed by atoms with van der Waals surface area (Å²) in [5, 5.41) is 11.4. The first-order chi connectivity index (χ1) is 11.6. The number of hydrogen-bond donors (Lipinski definition) is 1. The van der Waals surface area contributed by atoms with Crippen molar-refractivity contribution in [2.75, 3.05) is 11.4 Å². The zero-order chi connectivity index (χ0) is 16.7. The van der Waals surface area contributed by atoms with Gasteiger partial charge in [-0.25, -0.2) is 0 Å². The number of anilines is 1. The minimum atomic E-state index is -0.176. The zero-order valence-electron chi connectivity index (χ0n) is 13.5. The van der Waals surface area contributed by atoms with Crippen molar-refractivity contribution in [1.82, 2.24) is 4.98 Å². The molecule has 0 fully saturated rings. The summed E-state index contributed by atoms with van der Waals surface area (Å²) in [5.41, 5.74) is 4.09. The number of aromatic hydroxyl groups is 1. The molecule has 0 radical (unpaired) electrons. The summed E-state index contributed by atoms with van der Waals surface area (Å²) >= 11 is 0. The van der Waals surface area contributed by atoms with Crippen LogP contribution in [0.3, 0.4) is 0 Å². The lowest BCUT2D eigenvalue weighted by atomic mass is 9.98. The van der Waals surface area contributed by atoms with Gasteiger partial charge in [-0.05, 0) is 43.5 Å². The Morgan fingerprint density at radius 2 is 2.08 bits per heavy atom. The maximum Gasteiger partial charge on any atom is 0.262 e. The number of rotatable bonds is 1. The first kappa shape index (κ1) is 14.7. The van der Waals surface area contributed by atoms with Gasteiger partial charge in [-0.2, -0.15) is 0 Å². The standard InChI is InChI=1S/C20H18N2O2/c1-13-6-9-17-15(12-13)5-3-11-22(17)20(24)16-8-7-14-4-2-10-21-18(14)19(16)23/h2,4,6-10,12,23H,3,5,11H2,1H3. The predicted octanol–water partition coefficient (Wildman–Crippen LogP) is 3.84. The molecule has 2 aromatic carbocycles. The highest BCUT2D eigenvalue weighted by atomic mass is 16.3. The molecular weight excluding hydrogens is 300 g/mol. The molecule has 1 aliphatic rings. The average Bonchev–Trinajstić information content (AvgIpc) is 2.61. The zero-order valence-corrected chi connectivity index (χ0v) is 13.5. The second-order valence-corrected chi connectivity index (χ2v) is 6.23. The van der Waals surface area contributed by atoms with Crippen molar-refractivity contribution in [2.24, 2.45) is 0 Å². The van der Waals surface area contributed by atoms with Crippen molar-refractivity contribution in [3.8, 4) is 5.75 Å². The van der Waals surface area contributed by atoms with Crippen molar-refractivity contribution in [3.63, 3.8) is 0 Å². The second kappa shape index (κ2) is 5.64. The topological polar surface area (TPSA) is 53.4 Å². The number of carbonyl (C=O) groups is 1. The lowest BCUT2D eigenvalue weighted by molar-refractivity contribution is 0.0982. The van der Waals surface area contributed by atoms with E-state index in [9.17, 15) is 9.90 Å². The molecule has 4 heteroatoms. The van der Waals surface area contributed by atoms with Gasteiger partial charge in [0.2, 0.25) is 0 Å². The van der Waals surface area contributed by atoms with Crippen LogP contribution in [0.2, 0.25) is 0 Å². The highest BCUT2D eigenvalue weighted by Crippen LogP contribution is 2.33. The van der Waals surface area contributed by atoms with Crippen LogP contribution in [0.1, 0.15) is 27.9 Å². The third-order valence-corrected chi connectivity index (χ3v) is 4.58. The first-order valence-corrected chi connectivity index (χ1v) is 8.13. The van der Waals surface area contributed by atoms with Crippen LogP contribution < -0.4 is 4.90 Å². The number of phenolic OH excluding ortho intramolecular Hbond substituents is 1. The Morgan fingerprint density at radius 1 is 1.21 bits per heavy atom. The van der Waals surface area contributed by atoms with Crippen LogP contribution >= 0.6 is 0 Å². The molecule has 4 rings (SSSR count). The monoisotopic (exact) mass is 318 g/mol. The van der Waals surface area contributed by atoms with E-state index in [1.54, 1.807) is 17.2 Å². The Hall–Kier alpha value is -2.88. The summed E-state index contributed by atoms with van der Waals surface area (Å²) in [6, 6.07) is 13.3. The Morgan fingerprint density at radius 3 is 2.96 bits per heavy atom. The Labute approximate surface area is 140 Å². The first-order valence-electron chi connectivity index (χ1n) is 8.13. The van der Waals surface area contributed by atoms with Crippen molar-refractivity contribution in [2.45, 2.75) is 19.8 Å². The van der Waals surface area contributed by atoms with E-state index < -0.39 is 0 Å². The molecule has 24 heavy (non-hydrogen) atoms. The van der Waals surface area contributed by atoms with Gasteiger partial charge < -0.3 is 10.0 Å². The molecule has 0 atom stereocenters. The van der Waals surface area contributed by atoms with E-state index in [1.165, 1.54) is 11.1 Å². The number of fused-ring (bicyclic) bond motifs is 2. The van der Waals surface area contributed by atoms with E-state index in [-0.39, 0.29) is 11.7 Å². The van der Waals surface area contributed by atoms with Crippen LogP contribution in [0.25, 0.3) is 10.9 Å². The minimum Gasteiger partial charge on any atom is -0.505 e. The quantitative estimate of drug-likeness (QED) is 0.741. The van der Waals surface area contributed by atoms with Crippen LogP contribution in [0.5, 0.6) is 5.75 Å². The van der Waals surface area contributed by atoms with Crippen molar-refractivity contribution in [3.05, 3.63) is 65.4 Å². The molecule has 2 heterocycles. The Balaban J connectivity index is 1.79. The van der Waals surface area contributed by atoms with Gasteiger partial charge in [0, 0.05) is 23.8 Å². The van der Waals surface area contributed by atoms with E-state index in [1.807, 2.05) is 30.3 Å². The van der Waals surface area contributed by atoms with Crippen LogP contribution in [0.4, 0.5) is 5.69 Å². The number of hydrogen-bond acceptors (Lipinski definition) is 3. The summed E-state index contributed by atoms with van der Waals surface area (Å²) in [6.07, 6.45) is 3.52. The molecule has 4 nitrogen and oxygen atoms in total. The van der Waals surface area contributed by atoms with Crippen LogP contribution in [0, 0.1) is 6.92 Å². The lowest BCUT2D eigenvalue weighted by Gasteiger charge is -2.30. The van der Waals surface area contributed by atoms with E-state index in [0.29, 0.717) is 17.6 Å². The number of phenols is 1. The third kappa shape index (κ3) is 2.31. The average molecular weight is 318 g/mol. The smallest absolute Gasteiger partial charge is 0.262 e. The molecular formula is C20H18N2O2. The highest BCUT2D eigenvalue weighted by molar-refractivity contribution is 6.11. The molecule has 0 saturated heterocycles. The summed E-state index contributed by atoms with van der Waals surface area (Å²) in [5.74, 6) is -0.220. The number of pyridine rings is 1. The van der Waals surface area contributed by atoms with Crippen molar-refractivity contribution >= 4 is 22.5 Å². The largest absolute Gasteiger partial charge is 0.505 e. The molecule has 1 aliphatic heterocycles. The van der Waals surface area contributed by atoms with Crippen LogP contribution in [-0.4, -0.2) is 22.5 Å². The van der Waals surface area contributed by atoms with Crippen LogP contribution in [-0.2, 0) is 6.42 Å². The highest BCUT2D eigenvalue weighted by Gasteiger charge is 2.26. The summed E-state index contributed by atoms with van der Waals surface area (Å²) in [4.78, 5) is 19.0. The lowest BCUT2D eigenvalue weighted by Crippen LogP contribution is -2.35. The van der Waals surface area contributed by atoms with Gasteiger partial charge in [0.1, 0.15) is 5.52 Å². The van der Waals surface area contributed by atoms with Gasteiger partial charge in [-0.1, -0.05) is 29.8 Å². The maximum atomic E-state index is 13.1. The minimum absolute atomic E-state index is 0.0441. The van der Waals surface area contributed by atoms with Gasteiger partial charge >= 0.3 is 0 Å². The van der Waals surface area contributed by atoms with E-state index in [2.05, 4.69) is 18.0 Å². The maximum absolute atomic E-state index is 13.1. The molecule has 1 N–H and O–H groups in total. The van der Waals surface area contributed by atoms with E-state index in [4.69, 9.17) is 0 Å². The molecule has 0 bridgehead atoms. The molecule has 1 amide bonds. The van der Waals surface area contributed by atoms with Gasteiger partial charge in [-0.3, -0.25) is 9.78 Å². The van der Waals surface area contributed by atoms with E-state index >= 15 is 0 Å². The fourth-order valence-corrected chi connectivity index (χ4v) is 3.38.